The van der Waals surface area contributed by atoms with E-state index in [0.29, 0.717) is 32.4 Å². The molecule has 11 nitrogen and oxygen atoms in total. The van der Waals surface area contributed by atoms with Crippen LogP contribution in [-0.2, 0) is 39.9 Å². The number of rotatable bonds is 15. The number of likely N-dealkylation sites (N-methyl/N-ethyl adjacent to an activating group) is 1. The smallest absolute Gasteiger partial charge is 0.325 e. The molecule has 11 heteroatoms. The van der Waals surface area contributed by atoms with E-state index in [2.05, 4.69) is 16.0 Å². The second-order valence-corrected chi connectivity index (χ2v) is 8.11. The molecule has 0 saturated heterocycles. The van der Waals surface area contributed by atoms with Crippen LogP contribution in [0.15, 0.2) is 42.5 Å². The summed E-state index contributed by atoms with van der Waals surface area (Å²) in [5.74, 6) is -2.78. The number of nitrogens with zero attached hydrogens (tertiary/aromatic N) is 1. The maximum Gasteiger partial charge on any atom is 0.325 e. The number of esters is 1. The first-order valence-electron chi connectivity index (χ1n) is 11.9. The Balaban J connectivity index is 1.62. The molecule has 0 bridgehead atoms. The third-order valence-electron chi connectivity index (χ3n) is 5.27. The van der Waals surface area contributed by atoms with Gasteiger partial charge in [0.2, 0.25) is 11.8 Å². The number of imide groups is 1. The minimum Gasteiger partial charge on any atom is -0.454 e. The molecule has 0 fully saturated rings. The van der Waals surface area contributed by atoms with Gasteiger partial charge in [0.05, 0.1) is 0 Å². The zero-order valence-corrected chi connectivity index (χ0v) is 20.3. The first-order valence-corrected chi connectivity index (χ1v) is 11.9. The van der Waals surface area contributed by atoms with Crippen LogP contribution in [0.25, 0.3) is 0 Å². The van der Waals surface area contributed by atoms with Crippen molar-refractivity contribution in [2.24, 2.45) is 0 Å². The van der Waals surface area contributed by atoms with Gasteiger partial charge in [0.1, 0.15) is 12.6 Å². The number of ether oxygens (including phenoxy) is 1. The topological polar surface area (TPSA) is 151 Å². The number of amides is 5. The highest BCUT2D eigenvalue weighted by Gasteiger charge is 2.23. The molecule has 0 saturated carbocycles. The molecule has 36 heavy (non-hydrogen) atoms. The van der Waals surface area contributed by atoms with E-state index < -0.39 is 31.1 Å². The maximum atomic E-state index is 12.3. The van der Waals surface area contributed by atoms with Crippen molar-refractivity contribution in [1.82, 2.24) is 20.9 Å². The van der Waals surface area contributed by atoms with Gasteiger partial charge in [-0.2, -0.15) is 0 Å². The normalized spacial score (nSPS) is 13.3. The van der Waals surface area contributed by atoms with Crippen LogP contribution in [0.3, 0.4) is 0 Å². The molecule has 1 aliphatic heterocycles. The maximum absolute atomic E-state index is 12.3. The van der Waals surface area contributed by atoms with Crippen molar-refractivity contribution in [2.45, 2.75) is 45.1 Å². The molecule has 5 amide bonds. The Morgan fingerprint density at radius 1 is 0.917 bits per heavy atom. The number of nitrogens with one attached hydrogen (secondary N) is 3. The second kappa shape index (κ2) is 15.1. The summed E-state index contributed by atoms with van der Waals surface area (Å²) in [5.41, 5.74) is 0.865. The number of carbonyl (C=O) groups is 6. The molecule has 0 radical (unpaired) electrons. The van der Waals surface area contributed by atoms with Gasteiger partial charge in [-0.1, -0.05) is 36.8 Å². The quantitative estimate of drug-likeness (QED) is 0.174. The second-order valence-electron chi connectivity index (χ2n) is 8.11. The molecule has 2 rings (SSSR count). The van der Waals surface area contributed by atoms with Crippen molar-refractivity contribution >= 4 is 35.5 Å². The van der Waals surface area contributed by atoms with Crippen molar-refractivity contribution in [1.29, 1.82) is 0 Å². The van der Waals surface area contributed by atoms with E-state index in [9.17, 15) is 28.8 Å². The summed E-state index contributed by atoms with van der Waals surface area (Å²) in [6.07, 6.45) is 4.63. The lowest BCUT2D eigenvalue weighted by molar-refractivity contribution is -0.148. The molecular formula is C25H32N4O7. The van der Waals surface area contributed by atoms with Crippen LogP contribution < -0.4 is 16.0 Å². The van der Waals surface area contributed by atoms with E-state index in [0.717, 1.165) is 10.5 Å². The van der Waals surface area contributed by atoms with Gasteiger partial charge < -0.3 is 20.7 Å². The van der Waals surface area contributed by atoms with Gasteiger partial charge in [-0.15, -0.1) is 0 Å². The monoisotopic (exact) mass is 500 g/mol. The van der Waals surface area contributed by atoms with Crippen molar-refractivity contribution < 1.29 is 33.5 Å². The summed E-state index contributed by atoms with van der Waals surface area (Å²) in [5, 5.41) is 7.66. The summed E-state index contributed by atoms with van der Waals surface area (Å²) in [4.78, 5) is 72.4. The SMILES string of the molecule is CCNC(=O)C(Cc1ccccc1)NC(=O)COC(=O)CNC(=O)CCCCCN1C(=O)C=CC1=O. The van der Waals surface area contributed by atoms with Crippen LogP contribution in [0.5, 0.6) is 0 Å². The third kappa shape index (κ3) is 10.1. The average Bonchev–Trinajstić information content (AvgIpc) is 3.18. The highest BCUT2D eigenvalue weighted by molar-refractivity contribution is 6.12. The minimum absolute atomic E-state index is 0.168. The minimum atomic E-state index is -0.823. The first kappa shape index (κ1) is 28.2. The summed E-state index contributed by atoms with van der Waals surface area (Å²) < 4.78 is 4.89. The zero-order chi connectivity index (χ0) is 26.3. The number of benzene rings is 1. The van der Waals surface area contributed by atoms with Crippen molar-refractivity contribution in [3.05, 3.63) is 48.0 Å². The molecule has 1 aromatic carbocycles. The molecule has 1 unspecified atom stereocenters. The van der Waals surface area contributed by atoms with Crippen molar-refractivity contribution in [3.8, 4) is 0 Å². The van der Waals surface area contributed by atoms with Crippen LogP contribution in [0.2, 0.25) is 0 Å². The first-order chi connectivity index (χ1) is 17.3. The summed E-state index contributed by atoms with van der Waals surface area (Å²) in [6, 6.07) is 8.37. The molecular weight excluding hydrogens is 468 g/mol. The lowest BCUT2D eigenvalue weighted by Crippen LogP contribution is -2.49. The average molecular weight is 501 g/mol. The number of unbranched alkanes of at least 4 members (excludes halogenated alkanes) is 2. The highest BCUT2D eigenvalue weighted by atomic mass is 16.5. The van der Waals surface area contributed by atoms with Gasteiger partial charge in [-0.05, 0) is 25.3 Å². The van der Waals surface area contributed by atoms with E-state index in [1.54, 1.807) is 6.92 Å². The van der Waals surface area contributed by atoms with Crippen LogP contribution in [0.4, 0.5) is 0 Å². The lowest BCUT2D eigenvalue weighted by atomic mass is 10.1. The van der Waals surface area contributed by atoms with E-state index in [-0.39, 0.29) is 36.5 Å². The van der Waals surface area contributed by atoms with E-state index in [1.807, 2.05) is 30.3 Å². The van der Waals surface area contributed by atoms with Gasteiger partial charge in [0.15, 0.2) is 6.61 Å². The lowest BCUT2D eigenvalue weighted by Gasteiger charge is -2.18. The fourth-order valence-electron chi connectivity index (χ4n) is 3.43. The molecule has 1 aromatic rings. The highest BCUT2D eigenvalue weighted by Crippen LogP contribution is 2.08. The van der Waals surface area contributed by atoms with E-state index >= 15 is 0 Å². The van der Waals surface area contributed by atoms with E-state index in [4.69, 9.17) is 4.74 Å². The van der Waals surface area contributed by atoms with Gasteiger partial charge in [0, 0.05) is 38.1 Å². The molecule has 1 heterocycles. The van der Waals surface area contributed by atoms with Gasteiger partial charge in [-0.3, -0.25) is 33.7 Å². The van der Waals surface area contributed by atoms with E-state index in [1.165, 1.54) is 12.2 Å². The Morgan fingerprint density at radius 3 is 2.28 bits per heavy atom. The Hall–Kier alpha value is -4.02. The van der Waals surface area contributed by atoms with Crippen LogP contribution in [0, 0.1) is 0 Å². The number of hydrogen-bond acceptors (Lipinski definition) is 7. The predicted molar refractivity (Wildman–Crippen MR) is 129 cm³/mol. The van der Waals surface area contributed by atoms with Crippen LogP contribution in [0.1, 0.15) is 38.2 Å². The van der Waals surface area contributed by atoms with Crippen molar-refractivity contribution in [3.63, 3.8) is 0 Å². The van der Waals surface area contributed by atoms with Gasteiger partial charge in [0.25, 0.3) is 17.7 Å². The Bertz CT molecular complexity index is 960. The van der Waals surface area contributed by atoms with Gasteiger partial charge >= 0.3 is 5.97 Å². The third-order valence-corrected chi connectivity index (χ3v) is 5.27. The summed E-state index contributed by atoms with van der Waals surface area (Å²) >= 11 is 0. The molecule has 0 aliphatic carbocycles. The Morgan fingerprint density at radius 2 is 1.61 bits per heavy atom. The Kier molecular flexibility index (Phi) is 11.8. The molecule has 0 spiro atoms. The fourth-order valence-corrected chi connectivity index (χ4v) is 3.43. The zero-order valence-electron chi connectivity index (χ0n) is 20.3. The molecule has 194 valence electrons. The Labute approximate surface area is 209 Å². The van der Waals surface area contributed by atoms with Crippen LogP contribution >= 0.6 is 0 Å². The van der Waals surface area contributed by atoms with Crippen LogP contribution in [-0.4, -0.2) is 72.7 Å². The number of carbonyl (C=O) groups excluding carboxylic acids is 6. The molecule has 3 N–H and O–H groups in total. The predicted octanol–water partition coefficient (Wildman–Crippen LogP) is -0.00520. The number of hydrogen-bond donors (Lipinski definition) is 3. The fraction of sp³-hybridized carbons (Fsp3) is 0.440. The molecule has 1 aliphatic rings. The standard InChI is InChI=1S/C25H32N4O7/c1-2-26-25(35)19(15-18-9-5-3-6-10-18)28-21(31)17-36-24(34)16-27-20(30)11-7-4-8-14-29-22(32)12-13-23(29)33/h3,5-6,9-10,12-13,19H,2,4,7-8,11,14-17H2,1H3,(H,26,35)(H,27,30)(H,28,31). The van der Waals surface area contributed by atoms with Crippen molar-refractivity contribution in [2.75, 3.05) is 26.2 Å². The van der Waals surface area contributed by atoms with Gasteiger partial charge in [-0.25, -0.2) is 0 Å². The largest absolute Gasteiger partial charge is 0.454 e. The molecule has 0 aromatic heterocycles. The summed E-state index contributed by atoms with van der Waals surface area (Å²) in [7, 11) is 0. The molecule has 1 atom stereocenters. The summed E-state index contributed by atoms with van der Waals surface area (Å²) in [6.45, 7) is 1.50.